The van der Waals surface area contributed by atoms with E-state index in [-0.39, 0.29) is 0 Å². The van der Waals surface area contributed by atoms with Crippen LogP contribution in [-0.2, 0) is 6.54 Å². The van der Waals surface area contributed by atoms with E-state index in [1.807, 2.05) is 6.20 Å². The molecule has 20 heavy (non-hydrogen) atoms. The van der Waals surface area contributed by atoms with Gasteiger partial charge in [-0.25, -0.2) is 4.98 Å². The number of pyridine rings is 1. The molecule has 0 aromatic carbocycles. The molecule has 0 spiro atoms. The van der Waals surface area contributed by atoms with Gasteiger partial charge in [0, 0.05) is 31.9 Å². The third-order valence-electron chi connectivity index (χ3n) is 4.21. The summed E-state index contributed by atoms with van der Waals surface area (Å²) in [5.74, 6) is 1.13. The molecule has 1 aliphatic rings. The lowest BCUT2D eigenvalue weighted by molar-refractivity contribution is 0.232. The Morgan fingerprint density at radius 1 is 1.35 bits per heavy atom. The fourth-order valence-electron chi connectivity index (χ4n) is 3.00. The second-order valence-corrected chi connectivity index (χ2v) is 5.41. The number of rotatable bonds is 7. The van der Waals surface area contributed by atoms with Gasteiger partial charge in [0.25, 0.3) is 0 Å². The van der Waals surface area contributed by atoms with Crippen molar-refractivity contribution in [1.82, 2.24) is 15.2 Å². The molecule has 2 rings (SSSR count). The van der Waals surface area contributed by atoms with Crippen molar-refractivity contribution in [1.29, 1.82) is 0 Å². The van der Waals surface area contributed by atoms with Gasteiger partial charge in [-0.1, -0.05) is 20.8 Å². The zero-order valence-corrected chi connectivity index (χ0v) is 13.1. The van der Waals surface area contributed by atoms with Gasteiger partial charge in [-0.3, -0.25) is 4.90 Å². The van der Waals surface area contributed by atoms with Gasteiger partial charge >= 0.3 is 0 Å². The van der Waals surface area contributed by atoms with E-state index >= 15 is 0 Å². The molecule has 1 aromatic heterocycles. The molecular weight excluding hydrogens is 248 g/mol. The Hall–Kier alpha value is -1.13. The van der Waals surface area contributed by atoms with E-state index in [9.17, 15) is 0 Å². The summed E-state index contributed by atoms with van der Waals surface area (Å²) in [6, 6.07) is 5.02. The largest absolute Gasteiger partial charge is 0.355 e. The molecular formula is C16H28N4. The van der Waals surface area contributed by atoms with Crippen LogP contribution < -0.4 is 10.2 Å². The van der Waals surface area contributed by atoms with E-state index < -0.39 is 0 Å². The molecule has 1 aromatic rings. The van der Waals surface area contributed by atoms with E-state index in [0.29, 0.717) is 6.04 Å². The molecule has 1 N–H and O–H groups in total. The molecule has 4 heteroatoms. The number of likely N-dealkylation sites (N-methyl/N-ethyl adjacent to an activating group) is 1. The van der Waals surface area contributed by atoms with E-state index in [0.717, 1.165) is 45.1 Å². The standard InChI is InChI=1S/C16H28N4/c1-4-17-12-14-7-9-18-16(11-14)20-10-8-15(13-20)19(5-2)6-3/h7,9,11,15,17H,4-6,8,10,12-13H2,1-3H3. The maximum Gasteiger partial charge on any atom is 0.128 e. The first-order chi connectivity index (χ1) is 9.78. The predicted molar refractivity (Wildman–Crippen MR) is 85.2 cm³/mol. The van der Waals surface area contributed by atoms with Crippen LogP contribution in [0.4, 0.5) is 5.82 Å². The molecule has 1 aliphatic heterocycles. The van der Waals surface area contributed by atoms with Crippen LogP contribution in [0.15, 0.2) is 18.3 Å². The molecule has 1 unspecified atom stereocenters. The van der Waals surface area contributed by atoms with E-state index in [1.54, 1.807) is 0 Å². The Morgan fingerprint density at radius 3 is 2.85 bits per heavy atom. The Balaban J connectivity index is 1.98. The van der Waals surface area contributed by atoms with Crippen molar-refractivity contribution in [2.75, 3.05) is 37.6 Å². The SMILES string of the molecule is CCNCc1ccnc(N2CCC(N(CC)CC)C2)c1. The maximum absolute atomic E-state index is 4.55. The molecule has 1 atom stereocenters. The van der Waals surface area contributed by atoms with Crippen molar-refractivity contribution >= 4 is 5.82 Å². The van der Waals surface area contributed by atoms with E-state index in [2.05, 4.69) is 53.0 Å². The highest BCUT2D eigenvalue weighted by Gasteiger charge is 2.26. The highest BCUT2D eigenvalue weighted by molar-refractivity contribution is 5.42. The monoisotopic (exact) mass is 276 g/mol. The van der Waals surface area contributed by atoms with Crippen LogP contribution in [0.2, 0.25) is 0 Å². The lowest BCUT2D eigenvalue weighted by Crippen LogP contribution is -2.37. The van der Waals surface area contributed by atoms with Crippen molar-refractivity contribution in [3.63, 3.8) is 0 Å². The topological polar surface area (TPSA) is 31.4 Å². The smallest absolute Gasteiger partial charge is 0.128 e. The molecule has 0 saturated carbocycles. The zero-order valence-electron chi connectivity index (χ0n) is 13.1. The van der Waals surface area contributed by atoms with Gasteiger partial charge in [0.15, 0.2) is 0 Å². The van der Waals surface area contributed by atoms with Gasteiger partial charge in [-0.05, 0) is 43.8 Å². The highest BCUT2D eigenvalue weighted by Crippen LogP contribution is 2.21. The van der Waals surface area contributed by atoms with Gasteiger partial charge in [-0.15, -0.1) is 0 Å². The van der Waals surface area contributed by atoms with Gasteiger partial charge in [0.1, 0.15) is 5.82 Å². The summed E-state index contributed by atoms with van der Waals surface area (Å²) in [7, 11) is 0. The minimum atomic E-state index is 0.684. The number of hydrogen-bond acceptors (Lipinski definition) is 4. The normalized spacial score (nSPS) is 19.0. The number of anilines is 1. The minimum absolute atomic E-state index is 0.684. The third kappa shape index (κ3) is 3.70. The average molecular weight is 276 g/mol. The van der Waals surface area contributed by atoms with Crippen LogP contribution in [0, 0.1) is 0 Å². The molecule has 0 aliphatic carbocycles. The van der Waals surface area contributed by atoms with Crippen molar-refractivity contribution in [2.45, 2.75) is 39.8 Å². The molecule has 0 bridgehead atoms. The van der Waals surface area contributed by atoms with Crippen LogP contribution in [-0.4, -0.2) is 48.6 Å². The Labute approximate surface area is 123 Å². The summed E-state index contributed by atoms with van der Waals surface area (Å²) in [6.45, 7) is 13.1. The molecule has 1 fully saturated rings. The van der Waals surface area contributed by atoms with Gasteiger partial charge in [-0.2, -0.15) is 0 Å². The number of nitrogens with zero attached hydrogens (tertiary/aromatic N) is 3. The van der Waals surface area contributed by atoms with Crippen molar-refractivity contribution in [2.24, 2.45) is 0 Å². The fraction of sp³-hybridized carbons (Fsp3) is 0.688. The van der Waals surface area contributed by atoms with Crippen LogP contribution in [0.5, 0.6) is 0 Å². The summed E-state index contributed by atoms with van der Waals surface area (Å²) in [6.07, 6.45) is 3.19. The second kappa shape index (κ2) is 7.60. The summed E-state index contributed by atoms with van der Waals surface area (Å²) < 4.78 is 0. The first-order valence-corrected chi connectivity index (χ1v) is 7.93. The molecule has 4 nitrogen and oxygen atoms in total. The van der Waals surface area contributed by atoms with Crippen LogP contribution in [0.1, 0.15) is 32.8 Å². The fourth-order valence-corrected chi connectivity index (χ4v) is 3.00. The van der Waals surface area contributed by atoms with Crippen molar-refractivity contribution < 1.29 is 0 Å². The van der Waals surface area contributed by atoms with E-state index in [1.165, 1.54) is 12.0 Å². The number of aromatic nitrogens is 1. The van der Waals surface area contributed by atoms with Crippen LogP contribution in [0.3, 0.4) is 0 Å². The van der Waals surface area contributed by atoms with Crippen LogP contribution >= 0.6 is 0 Å². The van der Waals surface area contributed by atoms with Gasteiger partial charge in [0.05, 0.1) is 0 Å². The van der Waals surface area contributed by atoms with Crippen molar-refractivity contribution in [3.05, 3.63) is 23.9 Å². The van der Waals surface area contributed by atoms with Crippen LogP contribution in [0.25, 0.3) is 0 Å². The lowest BCUT2D eigenvalue weighted by Gasteiger charge is -2.26. The molecule has 2 heterocycles. The molecule has 1 saturated heterocycles. The summed E-state index contributed by atoms with van der Waals surface area (Å²) >= 11 is 0. The quantitative estimate of drug-likeness (QED) is 0.826. The Kier molecular flexibility index (Phi) is 5.80. The van der Waals surface area contributed by atoms with Gasteiger partial charge in [0.2, 0.25) is 0 Å². The maximum atomic E-state index is 4.55. The summed E-state index contributed by atoms with van der Waals surface area (Å²) in [4.78, 5) is 9.54. The first kappa shape index (κ1) is 15.3. The highest BCUT2D eigenvalue weighted by atomic mass is 15.3. The minimum Gasteiger partial charge on any atom is -0.355 e. The zero-order chi connectivity index (χ0) is 14.4. The summed E-state index contributed by atoms with van der Waals surface area (Å²) in [5.41, 5.74) is 1.32. The lowest BCUT2D eigenvalue weighted by atomic mass is 10.2. The van der Waals surface area contributed by atoms with Crippen molar-refractivity contribution in [3.8, 4) is 0 Å². The van der Waals surface area contributed by atoms with Gasteiger partial charge < -0.3 is 10.2 Å². The number of hydrogen-bond donors (Lipinski definition) is 1. The Bertz CT molecular complexity index is 403. The predicted octanol–water partition coefficient (Wildman–Crippen LogP) is 2.11. The molecule has 112 valence electrons. The first-order valence-electron chi connectivity index (χ1n) is 7.93. The second-order valence-electron chi connectivity index (χ2n) is 5.41. The molecule has 0 radical (unpaired) electrons. The number of nitrogens with one attached hydrogen (secondary N) is 1. The third-order valence-corrected chi connectivity index (χ3v) is 4.21. The summed E-state index contributed by atoms with van der Waals surface area (Å²) in [5, 5.41) is 3.37. The van der Waals surface area contributed by atoms with E-state index in [4.69, 9.17) is 0 Å². The average Bonchev–Trinajstić information content (AvgIpc) is 2.96. The Morgan fingerprint density at radius 2 is 2.15 bits per heavy atom. The molecule has 0 amide bonds.